The molecule has 0 N–H and O–H groups in total. The first-order chi connectivity index (χ1) is 7.89. The number of ether oxygens (including phenoxy) is 1. The molecule has 0 aromatic carbocycles. The SMILES string of the molecule is CCOCCCSP(=S)(OC(C)C)OC(C)C. The van der Waals surface area contributed by atoms with Crippen molar-refractivity contribution in [2.24, 2.45) is 0 Å². The van der Waals surface area contributed by atoms with Gasteiger partial charge in [0.25, 0.3) is 0 Å². The molecule has 0 rings (SSSR count). The van der Waals surface area contributed by atoms with Crippen molar-refractivity contribution >= 4 is 28.9 Å². The first-order valence-electron chi connectivity index (χ1n) is 6.08. The Hall–Kier alpha value is 0.880. The highest BCUT2D eigenvalue weighted by Crippen LogP contribution is 2.62. The molecule has 6 heteroatoms. The van der Waals surface area contributed by atoms with Crippen molar-refractivity contribution in [1.29, 1.82) is 0 Å². The molecule has 0 spiro atoms. The molecule has 3 nitrogen and oxygen atoms in total. The van der Waals surface area contributed by atoms with Crippen LogP contribution in [0.2, 0.25) is 0 Å². The summed E-state index contributed by atoms with van der Waals surface area (Å²) in [5.74, 6) is 0.927. The lowest BCUT2D eigenvalue weighted by atomic mass is 10.5. The van der Waals surface area contributed by atoms with Crippen molar-refractivity contribution in [3.8, 4) is 0 Å². The molecule has 0 saturated carbocycles. The first kappa shape index (κ1) is 17.9. The maximum Gasteiger partial charge on any atom is 0.247 e. The van der Waals surface area contributed by atoms with Gasteiger partial charge in [-0.1, -0.05) is 11.4 Å². The lowest BCUT2D eigenvalue weighted by Gasteiger charge is -2.25. The predicted octanol–water partition coefficient (Wildman–Crippen LogP) is 4.22. The summed E-state index contributed by atoms with van der Waals surface area (Å²) in [4.78, 5) is 0. The fourth-order valence-electron chi connectivity index (χ4n) is 1.08. The van der Waals surface area contributed by atoms with E-state index in [9.17, 15) is 0 Å². The average molecular weight is 300 g/mol. The van der Waals surface area contributed by atoms with Crippen molar-refractivity contribution in [3.05, 3.63) is 0 Å². The van der Waals surface area contributed by atoms with Crippen LogP contribution in [0.3, 0.4) is 0 Å². The van der Waals surface area contributed by atoms with Gasteiger partial charge in [-0.3, -0.25) is 0 Å². The summed E-state index contributed by atoms with van der Waals surface area (Å²) in [6.07, 6.45) is 1.21. The van der Waals surface area contributed by atoms with Crippen molar-refractivity contribution < 1.29 is 13.8 Å². The predicted molar refractivity (Wildman–Crippen MR) is 80.3 cm³/mol. The Labute approximate surface area is 115 Å². The monoisotopic (exact) mass is 300 g/mol. The van der Waals surface area contributed by atoms with Gasteiger partial charge >= 0.3 is 0 Å². The molecule has 104 valence electrons. The van der Waals surface area contributed by atoms with Gasteiger partial charge in [0, 0.05) is 19.0 Å². The van der Waals surface area contributed by atoms with Gasteiger partial charge in [0.1, 0.15) is 0 Å². The van der Waals surface area contributed by atoms with Gasteiger partial charge in [-0.15, -0.1) is 0 Å². The highest BCUT2D eigenvalue weighted by atomic mass is 32.9. The quantitative estimate of drug-likeness (QED) is 0.445. The fourth-order valence-corrected chi connectivity index (χ4v) is 6.92. The van der Waals surface area contributed by atoms with E-state index in [0.29, 0.717) is 0 Å². The van der Waals surface area contributed by atoms with E-state index in [1.54, 1.807) is 11.4 Å². The van der Waals surface area contributed by atoms with Gasteiger partial charge in [0.15, 0.2) is 0 Å². The molecule has 0 fully saturated rings. The molecule has 17 heavy (non-hydrogen) atoms. The van der Waals surface area contributed by atoms with Crippen LogP contribution in [0.1, 0.15) is 41.0 Å². The molecule has 0 aliphatic rings. The Kier molecular flexibility index (Phi) is 10.3. The minimum absolute atomic E-state index is 0.110. The van der Waals surface area contributed by atoms with Crippen molar-refractivity contribution in [1.82, 2.24) is 0 Å². The summed E-state index contributed by atoms with van der Waals surface area (Å²) in [5.41, 5.74) is -2.19. The summed E-state index contributed by atoms with van der Waals surface area (Å²) in [6, 6.07) is 0. The minimum Gasteiger partial charge on any atom is -0.382 e. The highest BCUT2D eigenvalue weighted by Gasteiger charge is 2.22. The topological polar surface area (TPSA) is 27.7 Å². The summed E-state index contributed by atoms with van der Waals surface area (Å²) in [7, 11) is 0. The number of rotatable bonds is 10. The second-order valence-electron chi connectivity index (χ2n) is 4.14. The molecule has 0 aliphatic carbocycles. The molecule has 0 aliphatic heterocycles. The van der Waals surface area contributed by atoms with Crippen molar-refractivity contribution in [2.45, 2.75) is 53.2 Å². The van der Waals surface area contributed by atoms with Crippen LogP contribution in [-0.2, 0) is 25.6 Å². The zero-order chi connectivity index (χ0) is 13.3. The molecular weight excluding hydrogens is 275 g/mol. The minimum atomic E-state index is -2.19. The highest BCUT2D eigenvalue weighted by molar-refractivity contribution is 8.67. The van der Waals surface area contributed by atoms with Gasteiger partial charge in [0.05, 0.1) is 12.2 Å². The van der Waals surface area contributed by atoms with Crippen molar-refractivity contribution in [2.75, 3.05) is 19.0 Å². The normalized spacial score (nSPS) is 12.6. The first-order valence-corrected chi connectivity index (χ1v) is 10.3. The van der Waals surface area contributed by atoms with Crippen LogP contribution in [0.4, 0.5) is 0 Å². The molecule has 0 aromatic rings. The Morgan fingerprint density at radius 2 is 1.65 bits per heavy atom. The van der Waals surface area contributed by atoms with Gasteiger partial charge in [-0.25, -0.2) is 0 Å². The Morgan fingerprint density at radius 1 is 1.12 bits per heavy atom. The van der Waals surface area contributed by atoms with E-state index in [-0.39, 0.29) is 12.2 Å². The number of hydrogen-bond donors (Lipinski definition) is 0. The Bertz CT molecular complexity index is 221. The summed E-state index contributed by atoms with van der Waals surface area (Å²) in [6.45, 7) is 11.5. The Morgan fingerprint density at radius 3 is 2.06 bits per heavy atom. The molecule has 0 aromatic heterocycles. The van der Waals surface area contributed by atoms with Crippen LogP contribution in [0, 0.1) is 0 Å². The molecule has 0 radical (unpaired) electrons. The lowest BCUT2D eigenvalue weighted by Crippen LogP contribution is -2.06. The fraction of sp³-hybridized carbons (Fsp3) is 1.00. The second-order valence-corrected chi connectivity index (χ2v) is 10.5. The van der Waals surface area contributed by atoms with Crippen LogP contribution in [-0.4, -0.2) is 31.2 Å². The van der Waals surface area contributed by atoms with Crippen LogP contribution < -0.4 is 0 Å². The maximum absolute atomic E-state index is 5.78. The van der Waals surface area contributed by atoms with E-state index in [1.807, 2.05) is 34.6 Å². The molecule has 0 amide bonds. The van der Waals surface area contributed by atoms with E-state index >= 15 is 0 Å². The zero-order valence-electron chi connectivity index (χ0n) is 11.5. The summed E-state index contributed by atoms with van der Waals surface area (Å²) in [5, 5.41) is 0. The molecule has 0 saturated heterocycles. The molecule has 0 heterocycles. The van der Waals surface area contributed by atoms with Crippen LogP contribution in [0.15, 0.2) is 0 Å². The second kappa shape index (κ2) is 9.76. The van der Waals surface area contributed by atoms with Crippen molar-refractivity contribution in [3.63, 3.8) is 0 Å². The van der Waals surface area contributed by atoms with E-state index in [1.165, 1.54) is 0 Å². The molecular formula is C11H25O3PS2. The largest absolute Gasteiger partial charge is 0.382 e. The third-order valence-electron chi connectivity index (χ3n) is 1.57. The van der Waals surface area contributed by atoms with Gasteiger partial charge in [-0.2, -0.15) is 0 Å². The molecule has 0 unspecified atom stereocenters. The number of hydrogen-bond acceptors (Lipinski definition) is 5. The van der Waals surface area contributed by atoms with Crippen LogP contribution in [0.25, 0.3) is 0 Å². The molecule has 0 atom stereocenters. The van der Waals surface area contributed by atoms with E-state index < -0.39 is 5.69 Å². The standard InChI is InChI=1S/C11H25O3PS2/c1-6-12-8-7-9-17-15(16,13-10(2)3)14-11(4)5/h10-11H,6-9H2,1-5H3. The average Bonchev–Trinajstić information content (AvgIpc) is 2.14. The summed E-state index contributed by atoms with van der Waals surface area (Å²) >= 11 is 7.15. The lowest BCUT2D eigenvalue weighted by molar-refractivity contribution is 0.149. The van der Waals surface area contributed by atoms with Crippen LogP contribution in [0.5, 0.6) is 0 Å². The smallest absolute Gasteiger partial charge is 0.247 e. The van der Waals surface area contributed by atoms with E-state index in [4.69, 9.17) is 25.6 Å². The summed E-state index contributed by atoms with van der Waals surface area (Å²) < 4.78 is 16.9. The maximum atomic E-state index is 5.78. The van der Waals surface area contributed by atoms with Gasteiger partial charge in [0.2, 0.25) is 5.69 Å². The molecule has 0 bridgehead atoms. The van der Waals surface area contributed by atoms with Gasteiger partial charge in [-0.05, 0) is 52.8 Å². The van der Waals surface area contributed by atoms with E-state index in [2.05, 4.69) is 0 Å². The zero-order valence-corrected chi connectivity index (χ0v) is 14.0. The third kappa shape index (κ3) is 10.5. The Balaban J connectivity index is 4.06. The van der Waals surface area contributed by atoms with E-state index in [0.717, 1.165) is 25.4 Å². The van der Waals surface area contributed by atoms with Gasteiger partial charge < -0.3 is 13.8 Å². The third-order valence-corrected chi connectivity index (χ3v) is 7.19. The van der Waals surface area contributed by atoms with Crippen LogP contribution >= 0.6 is 17.1 Å².